The lowest BCUT2D eigenvalue weighted by atomic mass is 10.2. The number of hydrogen-bond acceptors (Lipinski definition) is 5. The summed E-state index contributed by atoms with van der Waals surface area (Å²) in [5.74, 6) is 0.192. The summed E-state index contributed by atoms with van der Waals surface area (Å²) in [6, 6.07) is 7.34. The van der Waals surface area contributed by atoms with Gasteiger partial charge in [-0.15, -0.1) is 0 Å². The summed E-state index contributed by atoms with van der Waals surface area (Å²) in [6.45, 7) is 2.95. The number of benzene rings is 1. The minimum absolute atomic E-state index is 0.0760. The van der Waals surface area contributed by atoms with Crippen LogP contribution in [0.25, 0.3) is 0 Å². The zero-order valence-electron chi connectivity index (χ0n) is 14.1. The third kappa shape index (κ3) is 3.93. The fourth-order valence-corrected chi connectivity index (χ4v) is 4.57. The summed E-state index contributed by atoms with van der Waals surface area (Å²) in [6.07, 6.45) is 1.52. The number of morpholine rings is 1. The second-order valence-electron chi connectivity index (χ2n) is 5.87. The molecule has 9 heteroatoms. The Kier molecular flexibility index (Phi) is 5.67. The van der Waals surface area contributed by atoms with Crippen LogP contribution >= 0.6 is 11.6 Å². The lowest BCUT2D eigenvalue weighted by Gasteiger charge is -2.26. The smallest absolute Gasteiger partial charge is 0.251 e. The van der Waals surface area contributed by atoms with E-state index >= 15 is 0 Å². The van der Waals surface area contributed by atoms with Crippen LogP contribution in [0.15, 0.2) is 45.9 Å². The Labute approximate surface area is 156 Å². The third-order valence-corrected chi connectivity index (χ3v) is 6.48. The van der Waals surface area contributed by atoms with E-state index in [4.69, 9.17) is 20.8 Å². The number of ether oxygens (including phenoxy) is 1. The first-order chi connectivity index (χ1) is 12.4. The number of hydrogen-bond donors (Lipinski definition) is 1. The highest BCUT2D eigenvalue weighted by Crippen LogP contribution is 2.27. The molecule has 1 aromatic heterocycles. The molecule has 140 valence electrons. The zero-order valence-corrected chi connectivity index (χ0v) is 15.7. The molecule has 0 aliphatic carbocycles. The van der Waals surface area contributed by atoms with Gasteiger partial charge < -0.3 is 14.5 Å². The Balaban J connectivity index is 1.84. The van der Waals surface area contributed by atoms with Crippen LogP contribution < -0.4 is 5.32 Å². The molecule has 1 atom stereocenters. The van der Waals surface area contributed by atoms with Crippen LogP contribution in [0.3, 0.4) is 0 Å². The molecule has 1 saturated heterocycles. The summed E-state index contributed by atoms with van der Waals surface area (Å²) in [4.78, 5) is 12.4. The number of rotatable bonds is 5. The van der Waals surface area contributed by atoms with Gasteiger partial charge in [-0.3, -0.25) is 4.79 Å². The first kappa shape index (κ1) is 18.9. The minimum atomic E-state index is -3.80. The van der Waals surface area contributed by atoms with E-state index in [0.29, 0.717) is 19.0 Å². The molecule has 2 aromatic rings. The van der Waals surface area contributed by atoms with Crippen LogP contribution in [0, 0.1) is 0 Å². The van der Waals surface area contributed by atoms with Gasteiger partial charge >= 0.3 is 0 Å². The van der Waals surface area contributed by atoms with Crippen molar-refractivity contribution in [3.8, 4) is 0 Å². The van der Waals surface area contributed by atoms with E-state index in [0.717, 1.165) is 0 Å². The molecule has 1 fully saturated rings. The number of nitrogens with zero attached hydrogens (tertiary/aromatic N) is 1. The average molecular weight is 399 g/mol. The average Bonchev–Trinajstić information content (AvgIpc) is 3.17. The van der Waals surface area contributed by atoms with Gasteiger partial charge in [-0.25, -0.2) is 8.42 Å². The van der Waals surface area contributed by atoms with Gasteiger partial charge in [0.2, 0.25) is 10.0 Å². The molecule has 0 saturated carbocycles. The zero-order chi connectivity index (χ0) is 18.7. The molecule has 0 spiro atoms. The minimum Gasteiger partial charge on any atom is -0.467 e. The predicted molar refractivity (Wildman–Crippen MR) is 95.6 cm³/mol. The van der Waals surface area contributed by atoms with Gasteiger partial charge in [-0.1, -0.05) is 11.6 Å². The monoisotopic (exact) mass is 398 g/mol. The van der Waals surface area contributed by atoms with Crippen LogP contribution in [0.5, 0.6) is 0 Å². The maximum absolute atomic E-state index is 12.8. The molecule has 2 heterocycles. The molecule has 1 aliphatic rings. The van der Waals surface area contributed by atoms with E-state index in [1.165, 1.54) is 28.8 Å². The highest BCUT2D eigenvalue weighted by molar-refractivity contribution is 7.89. The summed E-state index contributed by atoms with van der Waals surface area (Å²) < 4.78 is 37.4. The van der Waals surface area contributed by atoms with Crippen molar-refractivity contribution in [3.05, 3.63) is 52.9 Å². The number of carbonyl (C=O) groups excluding carboxylic acids is 1. The van der Waals surface area contributed by atoms with Crippen molar-refractivity contribution in [2.45, 2.75) is 17.9 Å². The van der Waals surface area contributed by atoms with Crippen molar-refractivity contribution in [1.82, 2.24) is 9.62 Å². The summed E-state index contributed by atoms with van der Waals surface area (Å²) in [7, 11) is -3.80. The number of amides is 1. The number of halogens is 1. The molecule has 1 aliphatic heterocycles. The van der Waals surface area contributed by atoms with E-state index in [1.807, 2.05) is 0 Å². The summed E-state index contributed by atoms with van der Waals surface area (Å²) >= 11 is 6.11. The van der Waals surface area contributed by atoms with Crippen molar-refractivity contribution >= 4 is 27.5 Å². The molecule has 0 unspecified atom stereocenters. The maximum Gasteiger partial charge on any atom is 0.251 e. The first-order valence-electron chi connectivity index (χ1n) is 8.11. The third-order valence-electron chi connectivity index (χ3n) is 4.10. The number of nitrogens with one attached hydrogen (secondary N) is 1. The molecule has 1 N–H and O–H groups in total. The Morgan fingerprint density at radius 2 is 2.00 bits per heavy atom. The van der Waals surface area contributed by atoms with E-state index < -0.39 is 15.9 Å². The second-order valence-corrected chi connectivity index (χ2v) is 8.19. The van der Waals surface area contributed by atoms with Crippen LogP contribution in [0.4, 0.5) is 0 Å². The molecule has 26 heavy (non-hydrogen) atoms. The second kappa shape index (κ2) is 7.79. The fourth-order valence-electron chi connectivity index (χ4n) is 2.66. The topological polar surface area (TPSA) is 88.9 Å². The van der Waals surface area contributed by atoms with Crippen molar-refractivity contribution in [2.24, 2.45) is 0 Å². The summed E-state index contributed by atoms with van der Waals surface area (Å²) in [5, 5.41) is 2.85. The van der Waals surface area contributed by atoms with Gasteiger partial charge in [0.05, 0.1) is 30.5 Å². The molecular formula is C17H19ClN2O5S. The Morgan fingerprint density at radius 1 is 1.27 bits per heavy atom. The van der Waals surface area contributed by atoms with Crippen molar-refractivity contribution in [1.29, 1.82) is 0 Å². The SMILES string of the molecule is C[C@@H](NC(=O)c1ccc(Cl)c(S(=O)(=O)N2CCOCC2)c1)c1ccco1. The van der Waals surface area contributed by atoms with E-state index in [2.05, 4.69) is 5.32 Å². The van der Waals surface area contributed by atoms with Crippen LogP contribution in [-0.4, -0.2) is 44.9 Å². The number of sulfonamides is 1. The standard InChI is InChI=1S/C17H19ClN2O5S/c1-12(15-3-2-8-25-15)19-17(21)13-4-5-14(18)16(11-13)26(22,23)20-6-9-24-10-7-20/h2-5,8,11-12H,6-7,9-10H2,1H3,(H,19,21)/t12-/m1/s1. The molecular weight excluding hydrogens is 380 g/mol. The van der Waals surface area contributed by atoms with Crippen LogP contribution in [-0.2, 0) is 14.8 Å². The van der Waals surface area contributed by atoms with Crippen molar-refractivity contribution in [2.75, 3.05) is 26.3 Å². The summed E-state index contributed by atoms with van der Waals surface area (Å²) in [5.41, 5.74) is 0.208. The van der Waals surface area contributed by atoms with Crippen LogP contribution in [0.1, 0.15) is 29.1 Å². The maximum atomic E-state index is 12.8. The van der Waals surface area contributed by atoms with Crippen molar-refractivity contribution in [3.63, 3.8) is 0 Å². The number of carbonyl (C=O) groups is 1. The van der Waals surface area contributed by atoms with Gasteiger partial charge in [0.1, 0.15) is 10.7 Å². The van der Waals surface area contributed by atoms with Gasteiger partial charge in [-0.05, 0) is 37.3 Å². The van der Waals surface area contributed by atoms with Crippen molar-refractivity contribution < 1.29 is 22.4 Å². The largest absolute Gasteiger partial charge is 0.467 e. The van der Waals surface area contributed by atoms with E-state index in [1.54, 1.807) is 19.1 Å². The molecule has 7 nitrogen and oxygen atoms in total. The molecule has 0 radical (unpaired) electrons. The Bertz CT molecular complexity index is 877. The lowest BCUT2D eigenvalue weighted by Crippen LogP contribution is -2.40. The quantitative estimate of drug-likeness (QED) is 0.835. The molecule has 1 amide bonds. The molecule has 3 rings (SSSR count). The highest BCUT2D eigenvalue weighted by Gasteiger charge is 2.29. The van der Waals surface area contributed by atoms with Gasteiger partial charge in [0.25, 0.3) is 5.91 Å². The fraction of sp³-hybridized carbons (Fsp3) is 0.353. The van der Waals surface area contributed by atoms with Gasteiger partial charge in [0, 0.05) is 18.7 Å². The normalized spacial score (nSPS) is 17.0. The lowest BCUT2D eigenvalue weighted by molar-refractivity contribution is 0.0730. The van der Waals surface area contributed by atoms with Crippen LogP contribution in [0.2, 0.25) is 5.02 Å². The highest BCUT2D eigenvalue weighted by atomic mass is 35.5. The predicted octanol–water partition coefficient (Wildman–Crippen LogP) is 2.44. The van der Waals surface area contributed by atoms with Gasteiger partial charge in [-0.2, -0.15) is 4.31 Å². The van der Waals surface area contributed by atoms with E-state index in [9.17, 15) is 13.2 Å². The molecule has 0 bridgehead atoms. The van der Waals surface area contributed by atoms with E-state index in [-0.39, 0.29) is 34.6 Å². The Hall–Kier alpha value is -1.87. The first-order valence-corrected chi connectivity index (χ1v) is 9.93. The molecule has 1 aromatic carbocycles. The Morgan fingerprint density at radius 3 is 2.65 bits per heavy atom. The number of furan rings is 1. The van der Waals surface area contributed by atoms with Gasteiger partial charge in [0.15, 0.2) is 0 Å².